The molecule has 2 aromatic carbocycles. The Morgan fingerprint density at radius 1 is 1.22 bits per heavy atom. The summed E-state index contributed by atoms with van der Waals surface area (Å²) in [5.74, 6) is -0.840. The third kappa shape index (κ3) is 5.80. The van der Waals surface area contributed by atoms with Gasteiger partial charge in [0.05, 0.1) is 4.92 Å². The number of halogens is 1. The van der Waals surface area contributed by atoms with Crippen molar-refractivity contribution in [2.45, 2.75) is 18.2 Å². The van der Waals surface area contributed by atoms with Crippen molar-refractivity contribution < 1.29 is 14.5 Å². The van der Waals surface area contributed by atoms with E-state index in [0.717, 1.165) is 14.9 Å². The minimum Gasteiger partial charge on any atom is -0.351 e. The van der Waals surface area contributed by atoms with Gasteiger partial charge in [-0.1, -0.05) is 22.0 Å². The van der Waals surface area contributed by atoms with Crippen molar-refractivity contribution in [1.29, 1.82) is 0 Å². The second-order valence-electron chi connectivity index (χ2n) is 5.65. The summed E-state index contributed by atoms with van der Waals surface area (Å²) in [4.78, 5) is 35.7. The first-order valence-corrected chi connectivity index (χ1v) is 10.00. The molecule has 0 aliphatic carbocycles. The maximum absolute atomic E-state index is 12.3. The predicted octanol–water partition coefficient (Wildman–Crippen LogP) is 4.15. The number of nitro benzene ring substituents is 1. The number of nitro groups is 1. The van der Waals surface area contributed by atoms with Crippen molar-refractivity contribution in [3.8, 4) is 0 Å². The second kappa shape index (κ2) is 9.52. The fourth-order valence-corrected chi connectivity index (χ4v) is 3.11. The first-order valence-electron chi connectivity index (χ1n) is 7.98. The molecule has 9 heteroatoms. The molecule has 2 amide bonds. The summed E-state index contributed by atoms with van der Waals surface area (Å²) in [5, 5.41) is 16.5. The number of anilines is 1. The number of rotatable bonds is 7. The van der Waals surface area contributed by atoms with Crippen molar-refractivity contribution in [1.82, 2.24) is 5.32 Å². The lowest BCUT2D eigenvalue weighted by molar-refractivity contribution is -0.385. The third-order valence-electron chi connectivity index (χ3n) is 3.76. The molecule has 7 nitrogen and oxygen atoms in total. The van der Waals surface area contributed by atoms with Gasteiger partial charge in [0.1, 0.15) is 5.56 Å². The first kappa shape index (κ1) is 20.9. The zero-order valence-corrected chi connectivity index (χ0v) is 17.1. The number of nitrogens with one attached hydrogen (secondary N) is 2. The van der Waals surface area contributed by atoms with Gasteiger partial charge >= 0.3 is 0 Å². The monoisotopic (exact) mass is 451 g/mol. The van der Waals surface area contributed by atoms with E-state index in [1.165, 1.54) is 23.9 Å². The van der Waals surface area contributed by atoms with E-state index >= 15 is 0 Å². The van der Waals surface area contributed by atoms with Crippen LogP contribution in [0, 0.1) is 17.0 Å². The van der Waals surface area contributed by atoms with Crippen molar-refractivity contribution in [2.75, 3.05) is 18.1 Å². The van der Waals surface area contributed by atoms with E-state index in [2.05, 4.69) is 26.6 Å². The van der Waals surface area contributed by atoms with Crippen LogP contribution in [0.2, 0.25) is 0 Å². The number of aryl methyl sites for hydroxylation is 1. The Hall–Kier alpha value is -2.39. The molecular formula is C18H18BrN3O4S. The standard InChI is InChI=1S/C18H18BrN3O4S/c1-11-3-4-12(19)9-15(11)21-17(23)7-8-20-18(24)14-10-13(27-2)5-6-16(14)22(25)26/h3-6,9-10H,7-8H2,1-2H3,(H,20,24)(H,21,23). The number of hydrogen-bond acceptors (Lipinski definition) is 5. The lowest BCUT2D eigenvalue weighted by Gasteiger charge is -2.10. The van der Waals surface area contributed by atoms with E-state index in [9.17, 15) is 19.7 Å². The van der Waals surface area contributed by atoms with Crippen LogP contribution >= 0.6 is 27.7 Å². The van der Waals surface area contributed by atoms with Crippen LogP contribution < -0.4 is 10.6 Å². The highest BCUT2D eigenvalue weighted by atomic mass is 79.9. The van der Waals surface area contributed by atoms with Crippen molar-refractivity contribution in [2.24, 2.45) is 0 Å². The molecule has 0 saturated carbocycles. The number of hydrogen-bond donors (Lipinski definition) is 2. The summed E-state index contributed by atoms with van der Waals surface area (Å²) >= 11 is 4.73. The van der Waals surface area contributed by atoms with Crippen LogP contribution in [0.25, 0.3) is 0 Å². The summed E-state index contributed by atoms with van der Waals surface area (Å²) in [7, 11) is 0. The lowest BCUT2D eigenvalue weighted by Crippen LogP contribution is -2.28. The minimum absolute atomic E-state index is 0.0184. The summed E-state index contributed by atoms with van der Waals surface area (Å²) < 4.78 is 0.845. The second-order valence-corrected chi connectivity index (χ2v) is 7.45. The number of carbonyl (C=O) groups excluding carboxylic acids is 2. The summed E-state index contributed by atoms with van der Waals surface area (Å²) in [6.07, 6.45) is 1.87. The van der Waals surface area contributed by atoms with E-state index in [1.807, 2.05) is 25.3 Å². The molecule has 0 aromatic heterocycles. The molecule has 0 fully saturated rings. The topological polar surface area (TPSA) is 101 Å². The van der Waals surface area contributed by atoms with Crippen LogP contribution in [0.15, 0.2) is 45.8 Å². The summed E-state index contributed by atoms with van der Waals surface area (Å²) in [6, 6.07) is 9.92. The lowest BCUT2D eigenvalue weighted by atomic mass is 10.1. The van der Waals surface area contributed by atoms with Crippen molar-refractivity contribution >= 4 is 50.9 Å². The van der Waals surface area contributed by atoms with Gasteiger partial charge in [0.2, 0.25) is 5.91 Å². The van der Waals surface area contributed by atoms with Crippen LogP contribution in [0.4, 0.5) is 11.4 Å². The first-order chi connectivity index (χ1) is 12.8. The molecule has 0 bridgehead atoms. The Bertz CT molecular complexity index is 889. The Morgan fingerprint density at radius 3 is 2.63 bits per heavy atom. The zero-order chi connectivity index (χ0) is 20.0. The average Bonchev–Trinajstić information content (AvgIpc) is 2.64. The molecule has 142 valence electrons. The van der Waals surface area contributed by atoms with Crippen LogP contribution in [0.1, 0.15) is 22.3 Å². The number of thioether (sulfide) groups is 1. The zero-order valence-electron chi connectivity index (χ0n) is 14.7. The normalized spacial score (nSPS) is 10.3. The third-order valence-corrected chi connectivity index (χ3v) is 4.97. The number of amides is 2. The number of benzene rings is 2. The molecule has 27 heavy (non-hydrogen) atoms. The van der Waals surface area contributed by atoms with E-state index in [4.69, 9.17) is 0 Å². The molecule has 0 saturated heterocycles. The molecule has 0 aliphatic rings. The largest absolute Gasteiger partial charge is 0.351 e. The van der Waals surface area contributed by atoms with Gasteiger partial charge in [-0.05, 0) is 43.0 Å². The Labute approximate surface area is 169 Å². The molecule has 0 unspecified atom stereocenters. The van der Waals surface area contributed by atoms with Gasteiger partial charge in [0.25, 0.3) is 11.6 Å². The van der Waals surface area contributed by atoms with Gasteiger partial charge in [0.15, 0.2) is 0 Å². The van der Waals surface area contributed by atoms with Crippen LogP contribution in [0.5, 0.6) is 0 Å². The Balaban J connectivity index is 1.97. The number of carbonyl (C=O) groups is 2. The van der Waals surface area contributed by atoms with Gasteiger partial charge in [0, 0.05) is 34.1 Å². The highest BCUT2D eigenvalue weighted by molar-refractivity contribution is 9.10. The molecule has 0 heterocycles. The molecule has 2 aromatic rings. The molecule has 2 N–H and O–H groups in total. The van der Waals surface area contributed by atoms with E-state index in [-0.39, 0.29) is 30.1 Å². The molecular weight excluding hydrogens is 434 g/mol. The van der Waals surface area contributed by atoms with Gasteiger partial charge in [-0.2, -0.15) is 0 Å². The molecule has 0 spiro atoms. The van der Waals surface area contributed by atoms with Crippen LogP contribution in [-0.2, 0) is 4.79 Å². The fourth-order valence-electron chi connectivity index (χ4n) is 2.31. The van der Waals surface area contributed by atoms with Crippen LogP contribution in [0.3, 0.4) is 0 Å². The number of nitrogens with zero attached hydrogens (tertiary/aromatic N) is 1. The fraction of sp³-hybridized carbons (Fsp3) is 0.222. The van der Waals surface area contributed by atoms with Gasteiger partial charge in [-0.3, -0.25) is 19.7 Å². The van der Waals surface area contributed by atoms with Gasteiger partial charge in [-0.25, -0.2) is 0 Å². The maximum Gasteiger partial charge on any atom is 0.282 e. The van der Waals surface area contributed by atoms with Crippen molar-refractivity contribution in [3.63, 3.8) is 0 Å². The van der Waals surface area contributed by atoms with E-state index in [1.54, 1.807) is 12.1 Å². The smallest absolute Gasteiger partial charge is 0.282 e. The molecule has 0 radical (unpaired) electrons. The van der Waals surface area contributed by atoms with Crippen molar-refractivity contribution in [3.05, 3.63) is 62.1 Å². The van der Waals surface area contributed by atoms with Gasteiger partial charge in [-0.15, -0.1) is 11.8 Å². The summed E-state index contributed by atoms with van der Waals surface area (Å²) in [5.41, 5.74) is 1.32. The quantitative estimate of drug-likeness (QED) is 0.374. The SMILES string of the molecule is CSc1ccc([N+](=O)[O-])c(C(=O)NCCC(=O)Nc2cc(Br)ccc2C)c1. The minimum atomic E-state index is -0.595. The summed E-state index contributed by atoms with van der Waals surface area (Å²) in [6.45, 7) is 1.94. The molecule has 0 aliphatic heterocycles. The molecule has 2 rings (SSSR count). The average molecular weight is 452 g/mol. The molecule has 0 atom stereocenters. The predicted molar refractivity (Wildman–Crippen MR) is 109 cm³/mol. The van der Waals surface area contributed by atoms with Gasteiger partial charge < -0.3 is 10.6 Å². The Morgan fingerprint density at radius 2 is 1.96 bits per heavy atom. The Kier molecular flexibility index (Phi) is 7.37. The van der Waals surface area contributed by atoms with Crippen LogP contribution in [-0.4, -0.2) is 29.5 Å². The highest BCUT2D eigenvalue weighted by Gasteiger charge is 2.20. The van der Waals surface area contributed by atoms with E-state index < -0.39 is 10.8 Å². The maximum atomic E-state index is 12.3. The highest BCUT2D eigenvalue weighted by Crippen LogP contribution is 2.25. The van der Waals surface area contributed by atoms with E-state index in [0.29, 0.717) is 5.69 Å².